The van der Waals surface area contributed by atoms with Crippen LogP contribution in [0.5, 0.6) is 0 Å². The molecule has 0 bridgehead atoms. The van der Waals surface area contributed by atoms with Crippen molar-refractivity contribution in [2.45, 2.75) is 25.4 Å². The molecule has 4 nitrogen and oxygen atoms in total. The van der Waals surface area contributed by atoms with Gasteiger partial charge < -0.3 is 14.6 Å². The number of hydrogen-bond acceptors (Lipinski definition) is 3. The van der Waals surface area contributed by atoms with E-state index < -0.39 is 11.6 Å². The first-order valence-electron chi connectivity index (χ1n) is 4.59. The van der Waals surface area contributed by atoms with Crippen LogP contribution in [0.15, 0.2) is 16.7 Å². The van der Waals surface area contributed by atoms with Crippen molar-refractivity contribution in [3.05, 3.63) is 23.7 Å². The van der Waals surface area contributed by atoms with Crippen LogP contribution in [0.1, 0.15) is 24.7 Å². The molecular weight excluding hydrogens is 184 g/mol. The number of carboxylic acids is 1. The lowest BCUT2D eigenvalue weighted by atomic mass is 9.75. The monoisotopic (exact) mass is 196 g/mol. The topological polar surface area (TPSA) is 70.7 Å². The maximum Gasteiger partial charge on any atom is 0.340 e. The Morgan fingerprint density at radius 2 is 2.43 bits per heavy atom. The summed E-state index contributed by atoms with van der Waals surface area (Å²) in [4.78, 5) is 11.1. The summed E-state index contributed by atoms with van der Waals surface area (Å²) in [5.41, 5.74) is -1.37. The van der Waals surface area contributed by atoms with Gasteiger partial charge in [0.15, 0.2) is 5.60 Å². The van der Waals surface area contributed by atoms with Crippen molar-refractivity contribution < 1.29 is 19.4 Å². The molecule has 76 valence electrons. The van der Waals surface area contributed by atoms with Gasteiger partial charge in [-0.05, 0) is 12.5 Å². The summed E-state index contributed by atoms with van der Waals surface area (Å²) >= 11 is 0. The highest BCUT2D eigenvalue weighted by Gasteiger charge is 2.48. The number of aliphatic carboxylic acids is 1. The van der Waals surface area contributed by atoms with Crippen LogP contribution < -0.4 is 0 Å². The van der Waals surface area contributed by atoms with Gasteiger partial charge in [0, 0.05) is 17.9 Å². The largest absolute Gasteiger partial charge is 0.479 e. The summed E-state index contributed by atoms with van der Waals surface area (Å²) in [6.07, 6.45) is 2.75. The van der Waals surface area contributed by atoms with Gasteiger partial charge >= 0.3 is 5.97 Å². The lowest BCUT2D eigenvalue weighted by Crippen LogP contribution is -2.44. The number of carboxylic acid groups (broad SMARTS) is 1. The van der Waals surface area contributed by atoms with E-state index in [9.17, 15) is 9.90 Å². The normalized spacial score (nSPS) is 31.1. The number of carbonyl (C=O) groups is 1. The van der Waals surface area contributed by atoms with Gasteiger partial charge in [0.2, 0.25) is 0 Å². The van der Waals surface area contributed by atoms with E-state index >= 15 is 0 Å². The highest BCUT2D eigenvalue weighted by Crippen LogP contribution is 2.40. The standard InChI is InChI=1S/C10H12O4/c1-6-2-3-8-7(4-5-14-8)10(6,13)9(11)12/h4-6,13H,2-3H2,1H3,(H,11,12). The van der Waals surface area contributed by atoms with E-state index in [1.165, 1.54) is 6.26 Å². The maximum absolute atomic E-state index is 11.1. The zero-order valence-electron chi connectivity index (χ0n) is 7.86. The second-order valence-electron chi connectivity index (χ2n) is 3.77. The predicted octanol–water partition coefficient (Wildman–Crippen LogP) is 1.13. The summed E-state index contributed by atoms with van der Waals surface area (Å²) in [7, 11) is 0. The molecule has 1 aliphatic carbocycles. The molecule has 0 spiro atoms. The molecule has 1 aromatic heterocycles. The first-order chi connectivity index (χ1) is 6.56. The van der Waals surface area contributed by atoms with Crippen LogP contribution in [0.4, 0.5) is 0 Å². The van der Waals surface area contributed by atoms with Gasteiger partial charge in [-0.2, -0.15) is 0 Å². The average molecular weight is 196 g/mol. The van der Waals surface area contributed by atoms with Crippen molar-refractivity contribution in [2.75, 3.05) is 0 Å². The maximum atomic E-state index is 11.1. The minimum atomic E-state index is -1.78. The van der Waals surface area contributed by atoms with E-state index in [0.29, 0.717) is 24.2 Å². The Morgan fingerprint density at radius 1 is 1.71 bits per heavy atom. The molecule has 0 fully saturated rings. The minimum Gasteiger partial charge on any atom is -0.479 e. The first-order valence-corrected chi connectivity index (χ1v) is 4.59. The molecule has 2 rings (SSSR count). The summed E-state index contributed by atoms with van der Waals surface area (Å²) in [5.74, 6) is -0.898. The van der Waals surface area contributed by atoms with Gasteiger partial charge in [-0.25, -0.2) is 4.79 Å². The van der Waals surface area contributed by atoms with Crippen molar-refractivity contribution in [3.63, 3.8) is 0 Å². The van der Waals surface area contributed by atoms with Crippen molar-refractivity contribution in [3.8, 4) is 0 Å². The molecule has 2 atom stereocenters. The van der Waals surface area contributed by atoms with E-state index in [2.05, 4.69) is 0 Å². The van der Waals surface area contributed by atoms with Crippen molar-refractivity contribution in [1.82, 2.24) is 0 Å². The smallest absolute Gasteiger partial charge is 0.340 e. The van der Waals surface area contributed by atoms with E-state index in [0.717, 1.165) is 0 Å². The van der Waals surface area contributed by atoms with Crippen LogP contribution in [0.3, 0.4) is 0 Å². The Hall–Kier alpha value is -1.29. The van der Waals surface area contributed by atoms with Crippen LogP contribution >= 0.6 is 0 Å². The molecule has 0 aromatic carbocycles. The molecular formula is C10H12O4. The Bertz CT molecular complexity index is 368. The second-order valence-corrected chi connectivity index (χ2v) is 3.77. The summed E-state index contributed by atoms with van der Waals surface area (Å²) < 4.78 is 5.13. The van der Waals surface area contributed by atoms with Gasteiger partial charge in [-0.1, -0.05) is 6.92 Å². The van der Waals surface area contributed by atoms with Crippen LogP contribution in [0.25, 0.3) is 0 Å². The fourth-order valence-electron chi connectivity index (χ4n) is 2.02. The van der Waals surface area contributed by atoms with Crippen molar-refractivity contribution >= 4 is 5.97 Å². The van der Waals surface area contributed by atoms with Crippen molar-refractivity contribution in [2.24, 2.45) is 5.92 Å². The molecule has 0 saturated carbocycles. The Kier molecular flexibility index (Phi) is 1.89. The first kappa shape index (κ1) is 9.27. The lowest BCUT2D eigenvalue weighted by Gasteiger charge is -2.33. The van der Waals surface area contributed by atoms with Gasteiger partial charge in [0.05, 0.1) is 6.26 Å². The third-order valence-corrected chi connectivity index (χ3v) is 3.00. The quantitative estimate of drug-likeness (QED) is 0.706. The van der Waals surface area contributed by atoms with Gasteiger partial charge in [-0.3, -0.25) is 0 Å². The number of aliphatic hydroxyl groups is 1. The molecule has 14 heavy (non-hydrogen) atoms. The Labute approximate surface area is 81.2 Å². The van der Waals surface area contributed by atoms with Crippen LogP contribution in [0, 0.1) is 5.92 Å². The molecule has 4 heteroatoms. The molecule has 1 aliphatic rings. The van der Waals surface area contributed by atoms with Gasteiger partial charge in [-0.15, -0.1) is 0 Å². The zero-order valence-corrected chi connectivity index (χ0v) is 7.86. The molecule has 0 amide bonds. The van der Waals surface area contributed by atoms with Crippen LogP contribution in [-0.2, 0) is 16.8 Å². The highest BCUT2D eigenvalue weighted by molar-refractivity contribution is 5.80. The zero-order chi connectivity index (χ0) is 10.3. The third kappa shape index (κ3) is 1.00. The number of hydrogen-bond donors (Lipinski definition) is 2. The lowest BCUT2D eigenvalue weighted by molar-refractivity contribution is -0.167. The Balaban J connectivity index is 2.56. The number of fused-ring (bicyclic) bond motifs is 1. The third-order valence-electron chi connectivity index (χ3n) is 3.00. The Morgan fingerprint density at radius 3 is 3.07 bits per heavy atom. The number of rotatable bonds is 1. The molecule has 1 aromatic rings. The fourth-order valence-corrected chi connectivity index (χ4v) is 2.02. The fraction of sp³-hybridized carbons (Fsp3) is 0.500. The molecule has 2 N–H and O–H groups in total. The summed E-state index contributed by atoms with van der Waals surface area (Å²) in [5, 5.41) is 19.1. The van der Waals surface area contributed by atoms with E-state index in [-0.39, 0.29) is 5.92 Å². The SMILES string of the molecule is CC1CCc2occc2C1(O)C(=O)O. The van der Waals surface area contributed by atoms with Crippen LogP contribution in [-0.4, -0.2) is 16.2 Å². The van der Waals surface area contributed by atoms with Crippen LogP contribution in [0.2, 0.25) is 0 Å². The average Bonchev–Trinajstić information content (AvgIpc) is 2.59. The van der Waals surface area contributed by atoms with E-state index in [1.807, 2.05) is 0 Å². The predicted molar refractivity (Wildman–Crippen MR) is 47.7 cm³/mol. The van der Waals surface area contributed by atoms with Crippen molar-refractivity contribution in [1.29, 1.82) is 0 Å². The molecule has 1 heterocycles. The number of aryl methyl sites for hydroxylation is 1. The molecule has 0 saturated heterocycles. The highest BCUT2D eigenvalue weighted by atomic mass is 16.4. The second kappa shape index (κ2) is 2.85. The van der Waals surface area contributed by atoms with E-state index in [1.54, 1.807) is 13.0 Å². The molecule has 0 radical (unpaired) electrons. The minimum absolute atomic E-state index is 0.287. The number of furan rings is 1. The van der Waals surface area contributed by atoms with E-state index in [4.69, 9.17) is 9.52 Å². The summed E-state index contributed by atoms with van der Waals surface area (Å²) in [6.45, 7) is 1.74. The van der Waals surface area contributed by atoms with Gasteiger partial charge in [0.25, 0.3) is 0 Å². The summed E-state index contributed by atoms with van der Waals surface area (Å²) in [6, 6.07) is 1.54. The molecule has 0 aliphatic heterocycles. The molecule has 2 unspecified atom stereocenters. The van der Waals surface area contributed by atoms with Gasteiger partial charge in [0.1, 0.15) is 5.76 Å².